The smallest absolute Gasteiger partial charge is 0.144 e. The van der Waals surface area contributed by atoms with E-state index in [0.717, 1.165) is 40.9 Å². The molecule has 1 atom stereocenters. The Balaban J connectivity index is 1.72. The fourth-order valence-corrected chi connectivity index (χ4v) is 3.77. The van der Waals surface area contributed by atoms with Crippen LogP contribution in [0.1, 0.15) is 32.7 Å². The van der Waals surface area contributed by atoms with Crippen LogP contribution in [0.4, 0.5) is 0 Å². The van der Waals surface area contributed by atoms with Crippen LogP contribution in [0, 0.1) is 0 Å². The average molecular weight is 413 g/mol. The van der Waals surface area contributed by atoms with Gasteiger partial charge in [-0.15, -0.1) is 0 Å². The fraction of sp³-hybridized carbons (Fsp3) is 0.368. The molecule has 4 aromatic rings. The van der Waals surface area contributed by atoms with Crippen molar-refractivity contribution < 1.29 is 4.55 Å². The third-order valence-corrected chi connectivity index (χ3v) is 5.62. The molecule has 0 aliphatic rings. The van der Waals surface area contributed by atoms with Gasteiger partial charge in [-0.3, -0.25) is 9.36 Å². The lowest BCUT2D eigenvalue weighted by atomic mass is 10.1. The molecule has 4 heterocycles. The Hall–Kier alpha value is -2.69. The molecule has 29 heavy (non-hydrogen) atoms. The zero-order chi connectivity index (χ0) is 20.4. The Morgan fingerprint density at radius 1 is 1.07 bits per heavy atom. The first-order valence-electron chi connectivity index (χ1n) is 9.63. The number of nitrogens with zero attached hydrogens (tertiary/aromatic N) is 7. The molecule has 0 aromatic carbocycles. The van der Waals surface area contributed by atoms with Crippen molar-refractivity contribution in [3.63, 3.8) is 0 Å². The number of aromatic nitrogens is 7. The molecule has 0 aliphatic carbocycles. The molecule has 0 amide bonds. The molecular weight excluding hydrogens is 388 g/mol. The minimum Gasteiger partial charge on any atom is -0.598 e. The van der Waals surface area contributed by atoms with Crippen molar-refractivity contribution in [2.24, 2.45) is 5.14 Å². The normalized spacial score (nSPS) is 12.9. The topological polar surface area (TPSA) is 115 Å². The fourth-order valence-electron chi connectivity index (χ4n) is 3.40. The maximum Gasteiger partial charge on any atom is 0.144 e. The second-order valence-electron chi connectivity index (χ2n) is 6.89. The monoisotopic (exact) mass is 412 g/mol. The molecule has 1 unspecified atom stereocenters. The highest BCUT2D eigenvalue weighted by Crippen LogP contribution is 2.27. The molecule has 0 bridgehead atoms. The third kappa shape index (κ3) is 4.04. The van der Waals surface area contributed by atoms with Gasteiger partial charge in [0.2, 0.25) is 0 Å². The van der Waals surface area contributed by atoms with Crippen molar-refractivity contribution in [3.05, 3.63) is 43.2 Å². The Morgan fingerprint density at radius 2 is 1.86 bits per heavy atom. The van der Waals surface area contributed by atoms with Gasteiger partial charge in [0.05, 0.1) is 54.3 Å². The van der Waals surface area contributed by atoms with Gasteiger partial charge in [-0.2, -0.15) is 20.4 Å². The number of hydrogen-bond acceptors (Lipinski definition) is 6. The predicted molar refractivity (Wildman–Crippen MR) is 112 cm³/mol. The van der Waals surface area contributed by atoms with Crippen LogP contribution in [0.2, 0.25) is 0 Å². The van der Waals surface area contributed by atoms with Crippen molar-refractivity contribution in [2.45, 2.75) is 39.3 Å². The molecule has 10 heteroatoms. The highest BCUT2D eigenvalue weighted by molar-refractivity contribution is 7.89. The second kappa shape index (κ2) is 8.36. The summed E-state index contributed by atoms with van der Waals surface area (Å²) in [7, 11) is 0. The molecule has 0 saturated heterocycles. The molecule has 0 saturated carbocycles. The first-order chi connectivity index (χ1) is 14.1. The van der Waals surface area contributed by atoms with Crippen molar-refractivity contribution in [2.75, 3.05) is 5.75 Å². The van der Waals surface area contributed by atoms with Crippen LogP contribution in [0.3, 0.4) is 0 Å². The lowest BCUT2D eigenvalue weighted by molar-refractivity contribution is 0.428. The van der Waals surface area contributed by atoms with E-state index in [1.165, 1.54) is 0 Å². The number of nitrogens with two attached hydrogens (primary N) is 1. The maximum absolute atomic E-state index is 11.1. The Bertz CT molecular complexity index is 1090. The van der Waals surface area contributed by atoms with Crippen molar-refractivity contribution in [1.29, 1.82) is 0 Å². The van der Waals surface area contributed by atoms with E-state index in [9.17, 15) is 4.55 Å². The molecule has 0 radical (unpaired) electrons. The minimum absolute atomic E-state index is 0.354. The van der Waals surface area contributed by atoms with Gasteiger partial charge < -0.3 is 4.55 Å². The lowest BCUT2D eigenvalue weighted by Crippen LogP contribution is -2.20. The quantitative estimate of drug-likeness (QED) is 0.445. The van der Waals surface area contributed by atoms with E-state index in [-0.39, 0.29) is 0 Å². The molecule has 0 spiro atoms. The Morgan fingerprint density at radius 3 is 2.62 bits per heavy atom. The highest BCUT2D eigenvalue weighted by Gasteiger charge is 2.15. The van der Waals surface area contributed by atoms with Crippen LogP contribution >= 0.6 is 0 Å². The summed E-state index contributed by atoms with van der Waals surface area (Å²) in [6, 6.07) is 2.32. The largest absolute Gasteiger partial charge is 0.598 e. The molecule has 9 nitrogen and oxygen atoms in total. The van der Waals surface area contributed by atoms with Crippen molar-refractivity contribution in [1.82, 2.24) is 34.2 Å². The van der Waals surface area contributed by atoms with E-state index < -0.39 is 11.4 Å². The summed E-state index contributed by atoms with van der Waals surface area (Å²) in [5, 5.41) is 18.6. The number of aryl methyl sites for hydroxylation is 1. The van der Waals surface area contributed by atoms with Gasteiger partial charge in [0.25, 0.3) is 0 Å². The zero-order valence-electron chi connectivity index (χ0n) is 16.5. The summed E-state index contributed by atoms with van der Waals surface area (Å²) in [4.78, 5) is 4.89. The third-order valence-electron chi connectivity index (χ3n) is 5.03. The zero-order valence-corrected chi connectivity index (χ0v) is 17.3. The number of rotatable bonds is 8. The average Bonchev–Trinajstić information content (AvgIpc) is 3.46. The summed E-state index contributed by atoms with van der Waals surface area (Å²) in [6.45, 7) is 4.82. The second-order valence-corrected chi connectivity index (χ2v) is 8.06. The summed E-state index contributed by atoms with van der Waals surface area (Å²) in [5.41, 5.74) is 4.32. The van der Waals surface area contributed by atoms with E-state index in [4.69, 9.17) is 10.1 Å². The van der Waals surface area contributed by atoms with Gasteiger partial charge in [-0.05, 0) is 18.9 Å². The SMILES string of the molecule is CCC(CC)n1cc(-c2nc(-c3cnn(CC[S+](N)[O-])c3)cn3nccc23)cn1. The van der Waals surface area contributed by atoms with Crippen molar-refractivity contribution >= 4 is 16.9 Å². The lowest BCUT2D eigenvalue weighted by Gasteiger charge is -2.12. The summed E-state index contributed by atoms with van der Waals surface area (Å²) < 4.78 is 16.7. The van der Waals surface area contributed by atoms with E-state index in [1.54, 1.807) is 17.1 Å². The van der Waals surface area contributed by atoms with E-state index in [2.05, 4.69) is 35.3 Å². The Kier molecular flexibility index (Phi) is 5.65. The van der Waals surface area contributed by atoms with E-state index in [1.807, 2.05) is 33.9 Å². The molecule has 4 rings (SSSR count). The molecule has 152 valence electrons. The summed E-state index contributed by atoms with van der Waals surface area (Å²) >= 11 is -1.35. The number of fused-ring (bicyclic) bond motifs is 1. The van der Waals surface area contributed by atoms with Crippen molar-refractivity contribution in [3.8, 4) is 22.5 Å². The van der Waals surface area contributed by atoms with Crippen LogP contribution < -0.4 is 5.14 Å². The van der Waals surface area contributed by atoms with Crippen LogP contribution in [-0.4, -0.2) is 44.5 Å². The van der Waals surface area contributed by atoms with E-state index >= 15 is 0 Å². The first-order valence-corrected chi connectivity index (χ1v) is 11.0. The van der Waals surface area contributed by atoms with Gasteiger partial charge in [0.1, 0.15) is 5.75 Å². The molecule has 0 fully saturated rings. The van der Waals surface area contributed by atoms with Gasteiger partial charge in [0, 0.05) is 34.9 Å². The highest BCUT2D eigenvalue weighted by atomic mass is 32.2. The predicted octanol–water partition coefficient (Wildman–Crippen LogP) is 2.44. The first kappa shape index (κ1) is 19.6. The number of hydrogen-bond donors (Lipinski definition) is 1. The summed E-state index contributed by atoms with van der Waals surface area (Å²) in [5.74, 6) is 0.354. The summed E-state index contributed by atoms with van der Waals surface area (Å²) in [6.07, 6.45) is 13.2. The van der Waals surface area contributed by atoms with Gasteiger partial charge >= 0.3 is 0 Å². The van der Waals surface area contributed by atoms with Crippen LogP contribution in [0.15, 0.2) is 43.2 Å². The molecule has 4 aromatic heterocycles. The van der Waals surface area contributed by atoms with Gasteiger partial charge in [-0.25, -0.2) is 9.50 Å². The standard InChI is InChI=1S/C19H24N8OS/c1-3-16(4-2)26-12-15(10-23-26)19-18-5-6-21-27(18)13-17(24-19)14-9-22-25(11-14)7-8-29(20)28/h5-6,9-13,16H,3-4,7-8,20H2,1-2H3. The Labute approximate surface area is 171 Å². The van der Waals surface area contributed by atoms with E-state index in [0.29, 0.717) is 18.3 Å². The van der Waals surface area contributed by atoms with Crippen LogP contribution in [-0.2, 0) is 17.9 Å². The van der Waals surface area contributed by atoms with Crippen LogP contribution in [0.25, 0.3) is 28.0 Å². The minimum atomic E-state index is -1.35. The van der Waals surface area contributed by atoms with Gasteiger partial charge in [-0.1, -0.05) is 13.8 Å². The molecular formula is C19H24N8OS. The maximum atomic E-state index is 11.1. The molecule has 2 N–H and O–H groups in total. The molecule has 0 aliphatic heterocycles. The van der Waals surface area contributed by atoms with Gasteiger partial charge in [0.15, 0.2) is 0 Å². The van der Waals surface area contributed by atoms with Crippen LogP contribution in [0.5, 0.6) is 0 Å².